The van der Waals surface area contributed by atoms with Gasteiger partial charge in [-0.2, -0.15) is 4.98 Å². The van der Waals surface area contributed by atoms with Crippen LogP contribution in [0.4, 0.5) is 0 Å². The van der Waals surface area contributed by atoms with Gasteiger partial charge in [-0.3, -0.25) is 0 Å². The van der Waals surface area contributed by atoms with Crippen LogP contribution in [-0.4, -0.2) is 10.1 Å². The summed E-state index contributed by atoms with van der Waals surface area (Å²) >= 11 is 0. The molecule has 4 heteroatoms. The molecular weight excluding hydrogens is 214 g/mol. The van der Waals surface area contributed by atoms with E-state index in [2.05, 4.69) is 17.1 Å². The average Bonchev–Trinajstić information content (AvgIpc) is 2.80. The fourth-order valence-electron chi connectivity index (χ4n) is 3.07. The maximum absolute atomic E-state index is 6.35. The number of nitrogens with two attached hydrogens (primary N) is 1. The molecule has 0 aromatic carbocycles. The minimum Gasteiger partial charge on any atom is -0.339 e. The molecule has 2 N–H and O–H groups in total. The Hall–Kier alpha value is -0.900. The van der Waals surface area contributed by atoms with E-state index in [0.29, 0.717) is 0 Å². The topological polar surface area (TPSA) is 64.9 Å². The Labute approximate surface area is 102 Å². The molecule has 1 aromatic rings. The third-order valence-corrected chi connectivity index (χ3v) is 4.40. The van der Waals surface area contributed by atoms with Gasteiger partial charge in [-0.1, -0.05) is 31.3 Å². The van der Waals surface area contributed by atoms with Gasteiger partial charge in [0.05, 0.1) is 5.54 Å². The van der Waals surface area contributed by atoms with Crippen LogP contribution < -0.4 is 5.73 Å². The van der Waals surface area contributed by atoms with Crippen molar-refractivity contribution in [2.24, 2.45) is 5.73 Å². The van der Waals surface area contributed by atoms with E-state index in [1.165, 1.54) is 32.1 Å². The predicted molar refractivity (Wildman–Crippen MR) is 64.5 cm³/mol. The normalized spacial score (nSPS) is 25.1. The number of rotatable bonds is 4. The zero-order chi connectivity index (χ0) is 11.9. The molecule has 2 fully saturated rings. The molecule has 0 atom stereocenters. The van der Waals surface area contributed by atoms with Gasteiger partial charge in [-0.05, 0) is 32.1 Å². The van der Waals surface area contributed by atoms with Crippen molar-refractivity contribution >= 4 is 0 Å². The van der Waals surface area contributed by atoms with Crippen LogP contribution in [0.5, 0.6) is 0 Å². The molecule has 0 spiro atoms. The molecule has 4 nitrogen and oxygen atoms in total. The van der Waals surface area contributed by atoms with E-state index in [4.69, 9.17) is 10.3 Å². The third-order valence-electron chi connectivity index (χ3n) is 4.40. The first-order valence-electron chi connectivity index (χ1n) is 6.82. The zero-order valence-corrected chi connectivity index (χ0v) is 10.5. The first-order valence-corrected chi connectivity index (χ1v) is 6.82. The van der Waals surface area contributed by atoms with Crippen molar-refractivity contribution in [2.75, 3.05) is 0 Å². The largest absolute Gasteiger partial charge is 0.339 e. The van der Waals surface area contributed by atoms with Crippen LogP contribution in [-0.2, 0) is 11.0 Å². The molecule has 1 aromatic heterocycles. The maximum Gasteiger partial charge on any atom is 0.232 e. The van der Waals surface area contributed by atoms with Crippen molar-refractivity contribution in [1.82, 2.24) is 10.1 Å². The summed E-state index contributed by atoms with van der Waals surface area (Å²) in [5.74, 6) is 1.58. The van der Waals surface area contributed by atoms with E-state index in [9.17, 15) is 0 Å². The maximum atomic E-state index is 6.35. The van der Waals surface area contributed by atoms with Crippen LogP contribution in [0.1, 0.15) is 70.0 Å². The molecule has 0 radical (unpaired) electrons. The Bertz CT molecular complexity index is 403. The Morgan fingerprint density at radius 1 is 1.24 bits per heavy atom. The van der Waals surface area contributed by atoms with Gasteiger partial charge < -0.3 is 10.3 Å². The first kappa shape index (κ1) is 11.2. The molecule has 17 heavy (non-hydrogen) atoms. The summed E-state index contributed by atoms with van der Waals surface area (Å²) in [5, 5.41) is 4.15. The lowest BCUT2D eigenvalue weighted by atomic mass is 9.98. The van der Waals surface area contributed by atoms with E-state index in [-0.39, 0.29) is 11.0 Å². The molecule has 0 aliphatic heterocycles. The Kier molecular flexibility index (Phi) is 2.51. The summed E-state index contributed by atoms with van der Waals surface area (Å²) in [6, 6.07) is 0. The molecule has 1 heterocycles. The zero-order valence-electron chi connectivity index (χ0n) is 10.5. The van der Waals surface area contributed by atoms with Crippen LogP contribution in [0.15, 0.2) is 4.52 Å². The quantitative estimate of drug-likeness (QED) is 0.871. The van der Waals surface area contributed by atoms with E-state index < -0.39 is 0 Å². The van der Waals surface area contributed by atoms with Crippen LogP contribution in [0.2, 0.25) is 0 Å². The molecule has 0 bridgehead atoms. The molecule has 0 amide bonds. The number of aromatic nitrogens is 2. The first-order chi connectivity index (χ1) is 8.19. The highest BCUT2D eigenvalue weighted by Crippen LogP contribution is 2.51. The van der Waals surface area contributed by atoms with Crippen molar-refractivity contribution < 1.29 is 4.52 Å². The van der Waals surface area contributed by atoms with Gasteiger partial charge in [0.25, 0.3) is 0 Å². The lowest BCUT2D eigenvalue weighted by Gasteiger charge is -2.18. The van der Waals surface area contributed by atoms with E-state index >= 15 is 0 Å². The van der Waals surface area contributed by atoms with Crippen molar-refractivity contribution in [2.45, 2.75) is 69.2 Å². The molecule has 2 aliphatic carbocycles. The summed E-state index contributed by atoms with van der Waals surface area (Å²) in [7, 11) is 0. The van der Waals surface area contributed by atoms with E-state index in [1.54, 1.807) is 0 Å². The predicted octanol–water partition coefficient (Wildman–Crippen LogP) is 2.63. The van der Waals surface area contributed by atoms with Crippen molar-refractivity contribution in [3.63, 3.8) is 0 Å². The Morgan fingerprint density at radius 3 is 2.53 bits per heavy atom. The van der Waals surface area contributed by atoms with E-state index in [1.807, 2.05) is 0 Å². The summed E-state index contributed by atoms with van der Waals surface area (Å²) < 4.78 is 5.48. The van der Waals surface area contributed by atoms with Crippen LogP contribution in [0.3, 0.4) is 0 Å². The van der Waals surface area contributed by atoms with Gasteiger partial charge in [-0.15, -0.1) is 0 Å². The smallest absolute Gasteiger partial charge is 0.232 e. The monoisotopic (exact) mass is 235 g/mol. The second-order valence-electron chi connectivity index (χ2n) is 5.82. The fourth-order valence-corrected chi connectivity index (χ4v) is 3.07. The molecule has 2 aliphatic rings. The number of hydrogen-bond acceptors (Lipinski definition) is 4. The molecule has 3 rings (SSSR count). The van der Waals surface area contributed by atoms with Gasteiger partial charge >= 0.3 is 0 Å². The third kappa shape index (κ3) is 1.79. The second kappa shape index (κ2) is 3.80. The van der Waals surface area contributed by atoms with Gasteiger partial charge in [0.1, 0.15) is 0 Å². The highest BCUT2D eigenvalue weighted by Gasteiger charge is 2.49. The SMILES string of the molecule is CCCC1(c2nc(C3(N)CCCC3)no2)CC1. The van der Waals surface area contributed by atoms with Gasteiger partial charge in [0.2, 0.25) is 5.89 Å². The van der Waals surface area contributed by atoms with Gasteiger partial charge in [-0.25, -0.2) is 0 Å². The minimum atomic E-state index is -0.315. The van der Waals surface area contributed by atoms with Crippen LogP contribution in [0, 0.1) is 0 Å². The highest BCUT2D eigenvalue weighted by atomic mass is 16.5. The summed E-state index contributed by atoms with van der Waals surface area (Å²) in [6.07, 6.45) is 9.07. The summed E-state index contributed by atoms with van der Waals surface area (Å²) in [5.41, 5.74) is 6.23. The minimum absolute atomic E-state index is 0.203. The van der Waals surface area contributed by atoms with Gasteiger partial charge in [0, 0.05) is 5.41 Å². The highest BCUT2D eigenvalue weighted by molar-refractivity contribution is 5.17. The van der Waals surface area contributed by atoms with Crippen LogP contribution >= 0.6 is 0 Å². The lowest BCUT2D eigenvalue weighted by Crippen LogP contribution is -2.34. The molecule has 2 saturated carbocycles. The van der Waals surface area contributed by atoms with Crippen molar-refractivity contribution in [3.8, 4) is 0 Å². The van der Waals surface area contributed by atoms with E-state index in [0.717, 1.165) is 31.0 Å². The molecule has 0 saturated heterocycles. The summed E-state index contributed by atoms with van der Waals surface area (Å²) in [4.78, 5) is 4.61. The summed E-state index contributed by atoms with van der Waals surface area (Å²) in [6.45, 7) is 2.21. The molecular formula is C13H21N3O. The van der Waals surface area contributed by atoms with Crippen LogP contribution in [0.25, 0.3) is 0 Å². The van der Waals surface area contributed by atoms with Crippen molar-refractivity contribution in [3.05, 3.63) is 11.7 Å². The Morgan fingerprint density at radius 2 is 1.94 bits per heavy atom. The number of hydrogen-bond donors (Lipinski definition) is 1. The molecule has 0 unspecified atom stereocenters. The lowest BCUT2D eigenvalue weighted by molar-refractivity contribution is 0.321. The average molecular weight is 235 g/mol. The second-order valence-corrected chi connectivity index (χ2v) is 5.82. The molecule has 94 valence electrons. The fraction of sp³-hybridized carbons (Fsp3) is 0.846. The number of nitrogens with zero attached hydrogens (tertiary/aromatic N) is 2. The standard InChI is InChI=1S/C13H21N3O/c1-2-5-12(8-9-12)11-15-10(16-17-11)13(14)6-3-4-7-13/h2-9,14H2,1H3. The van der Waals surface area contributed by atoms with Gasteiger partial charge in [0.15, 0.2) is 5.82 Å². The Balaban J connectivity index is 1.83. The van der Waals surface area contributed by atoms with Crippen molar-refractivity contribution in [1.29, 1.82) is 0 Å².